The van der Waals surface area contributed by atoms with Gasteiger partial charge in [0.15, 0.2) is 0 Å². The summed E-state index contributed by atoms with van der Waals surface area (Å²) in [5.41, 5.74) is 0. The monoisotopic (exact) mass is 285 g/mol. The number of ether oxygens (including phenoxy) is 1. The lowest BCUT2D eigenvalue weighted by Crippen LogP contribution is -2.52. The van der Waals surface area contributed by atoms with Crippen LogP contribution < -0.4 is 10.6 Å². The molecule has 2 aliphatic heterocycles. The molecule has 0 aliphatic carbocycles. The van der Waals surface area contributed by atoms with E-state index >= 15 is 0 Å². The fourth-order valence-corrected chi connectivity index (χ4v) is 2.76. The van der Waals surface area contributed by atoms with Crippen LogP contribution >= 0.6 is 0 Å². The van der Waals surface area contributed by atoms with Crippen LogP contribution in [0, 0.1) is 0 Å². The molecular formula is C13H23N3O4. The highest BCUT2D eigenvalue weighted by Gasteiger charge is 2.32. The Morgan fingerprint density at radius 1 is 1.50 bits per heavy atom. The fraction of sp³-hybridized carbons (Fsp3) is 0.846. The zero-order valence-corrected chi connectivity index (χ0v) is 11.8. The van der Waals surface area contributed by atoms with Crippen molar-refractivity contribution in [3.05, 3.63) is 0 Å². The predicted octanol–water partition coefficient (Wildman–Crippen LogP) is 0.0120. The van der Waals surface area contributed by atoms with E-state index in [2.05, 4.69) is 15.5 Å². The molecule has 0 bridgehead atoms. The second-order valence-electron chi connectivity index (χ2n) is 5.40. The highest BCUT2D eigenvalue weighted by atomic mass is 16.5. The standard InChI is InChI=1S/C13H23N3O4/c1-2-11(12(17)18)15-13(19)14-6-10-7-16-5-3-4-9(16)8-20-10/h9-11H,2-8H2,1H3,(H,17,18)(H2,14,15,19)/t9?,10?,11-/m0/s1. The molecule has 2 heterocycles. The van der Waals surface area contributed by atoms with E-state index in [0.717, 1.165) is 19.7 Å². The second kappa shape index (κ2) is 6.90. The third kappa shape index (κ3) is 3.83. The van der Waals surface area contributed by atoms with Gasteiger partial charge in [0, 0.05) is 19.1 Å². The minimum Gasteiger partial charge on any atom is -0.480 e. The number of amides is 2. The van der Waals surface area contributed by atoms with Crippen molar-refractivity contribution in [2.45, 2.75) is 44.4 Å². The summed E-state index contributed by atoms with van der Waals surface area (Å²) in [5.74, 6) is -1.02. The SMILES string of the molecule is CC[C@H](NC(=O)NCC1CN2CCCC2CO1)C(=O)O. The summed E-state index contributed by atoms with van der Waals surface area (Å²) in [6.07, 6.45) is 2.75. The summed E-state index contributed by atoms with van der Waals surface area (Å²) in [6.45, 7) is 4.79. The number of fused-ring (bicyclic) bond motifs is 1. The molecule has 2 saturated heterocycles. The van der Waals surface area contributed by atoms with Crippen LogP contribution in [0.4, 0.5) is 4.79 Å². The van der Waals surface area contributed by atoms with Gasteiger partial charge in [0.25, 0.3) is 0 Å². The number of nitrogens with one attached hydrogen (secondary N) is 2. The van der Waals surface area contributed by atoms with Gasteiger partial charge in [-0.1, -0.05) is 6.92 Å². The number of hydrogen-bond acceptors (Lipinski definition) is 4. The number of hydrogen-bond donors (Lipinski definition) is 3. The van der Waals surface area contributed by atoms with E-state index in [9.17, 15) is 9.59 Å². The molecule has 114 valence electrons. The average Bonchev–Trinajstić information content (AvgIpc) is 2.89. The maximum Gasteiger partial charge on any atom is 0.326 e. The molecule has 0 aromatic rings. The zero-order chi connectivity index (χ0) is 14.5. The Kier molecular flexibility index (Phi) is 5.19. The first-order valence-electron chi connectivity index (χ1n) is 7.23. The smallest absolute Gasteiger partial charge is 0.326 e. The molecule has 0 aromatic carbocycles. The first kappa shape index (κ1) is 15.1. The lowest BCUT2D eigenvalue weighted by atomic mass is 10.2. The molecule has 2 amide bonds. The predicted molar refractivity (Wildman–Crippen MR) is 72.6 cm³/mol. The molecule has 7 nitrogen and oxygen atoms in total. The average molecular weight is 285 g/mol. The number of nitrogens with zero attached hydrogens (tertiary/aromatic N) is 1. The van der Waals surface area contributed by atoms with Gasteiger partial charge < -0.3 is 20.5 Å². The quantitative estimate of drug-likeness (QED) is 0.662. The summed E-state index contributed by atoms with van der Waals surface area (Å²) in [7, 11) is 0. The summed E-state index contributed by atoms with van der Waals surface area (Å²) in [6, 6.07) is -0.756. The number of aliphatic carboxylic acids is 1. The van der Waals surface area contributed by atoms with Gasteiger partial charge in [-0.2, -0.15) is 0 Å². The van der Waals surface area contributed by atoms with E-state index in [-0.39, 0.29) is 6.10 Å². The second-order valence-corrected chi connectivity index (χ2v) is 5.40. The van der Waals surface area contributed by atoms with Crippen LogP contribution in [0.25, 0.3) is 0 Å². The Balaban J connectivity index is 1.69. The van der Waals surface area contributed by atoms with Crippen molar-refractivity contribution in [1.82, 2.24) is 15.5 Å². The van der Waals surface area contributed by atoms with E-state index < -0.39 is 18.0 Å². The first-order valence-corrected chi connectivity index (χ1v) is 7.23. The molecule has 20 heavy (non-hydrogen) atoms. The van der Waals surface area contributed by atoms with Crippen molar-refractivity contribution < 1.29 is 19.4 Å². The molecule has 3 atom stereocenters. The number of carbonyl (C=O) groups excluding carboxylic acids is 1. The van der Waals surface area contributed by atoms with Crippen molar-refractivity contribution in [1.29, 1.82) is 0 Å². The summed E-state index contributed by atoms with van der Waals surface area (Å²) in [5, 5.41) is 14.0. The van der Waals surface area contributed by atoms with Crippen LogP contribution in [0.15, 0.2) is 0 Å². The number of carboxylic acids is 1. The maximum atomic E-state index is 11.6. The van der Waals surface area contributed by atoms with Gasteiger partial charge in [-0.25, -0.2) is 9.59 Å². The van der Waals surface area contributed by atoms with Crippen molar-refractivity contribution in [2.75, 3.05) is 26.2 Å². The molecule has 2 aliphatic rings. The normalized spacial score (nSPS) is 27.6. The van der Waals surface area contributed by atoms with Gasteiger partial charge in [0.05, 0.1) is 12.7 Å². The van der Waals surface area contributed by atoms with Gasteiger partial charge in [0.2, 0.25) is 0 Å². The number of rotatable bonds is 5. The summed E-state index contributed by atoms with van der Waals surface area (Å²) < 4.78 is 5.72. The lowest BCUT2D eigenvalue weighted by Gasteiger charge is -2.35. The van der Waals surface area contributed by atoms with Crippen LogP contribution in [0.5, 0.6) is 0 Å². The summed E-state index contributed by atoms with van der Waals surface area (Å²) >= 11 is 0. The number of carbonyl (C=O) groups is 2. The lowest BCUT2D eigenvalue weighted by molar-refractivity contribution is -0.139. The molecular weight excluding hydrogens is 262 g/mol. The zero-order valence-electron chi connectivity index (χ0n) is 11.8. The molecule has 0 aromatic heterocycles. The number of carboxylic acid groups (broad SMARTS) is 1. The molecule has 0 saturated carbocycles. The maximum absolute atomic E-state index is 11.6. The van der Waals surface area contributed by atoms with Crippen LogP contribution in [0.1, 0.15) is 26.2 Å². The van der Waals surface area contributed by atoms with Crippen LogP contribution in [-0.4, -0.2) is 66.4 Å². The van der Waals surface area contributed by atoms with Crippen molar-refractivity contribution in [3.63, 3.8) is 0 Å². The Morgan fingerprint density at radius 2 is 2.30 bits per heavy atom. The molecule has 3 N–H and O–H groups in total. The topological polar surface area (TPSA) is 90.9 Å². The van der Waals surface area contributed by atoms with Crippen molar-refractivity contribution in [2.24, 2.45) is 0 Å². The molecule has 2 unspecified atom stereocenters. The minimum atomic E-state index is -1.02. The van der Waals surface area contributed by atoms with Crippen LogP contribution in [-0.2, 0) is 9.53 Å². The van der Waals surface area contributed by atoms with E-state index in [1.807, 2.05) is 0 Å². The van der Waals surface area contributed by atoms with Gasteiger partial charge in [-0.3, -0.25) is 4.90 Å². The van der Waals surface area contributed by atoms with E-state index in [0.29, 0.717) is 19.0 Å². The fourth-order valence-electron chi connectivity index (χ4n) is 2.76. The third-order valence-electron chi connectivity index (χ3n) is 3.96. The molecule has 2 fully saturated rings. The van der Waals surface area contributed by atoms with Gasteiger partial charge in [0.1, 0.15) is 6.04 Å². The highest BCUT2D eigenvalue weighted by Crippen LogP contribution is 2.22. The Morgan fingerprint density at radius 3 is 3.00 bits per heavy atom. The molecule has 7 heteroatoms. The molecule has 0 spiro atoms. The van der Waals surface area contributed by atoms with Crippen molar-refractivity contribution >= 4 is 12.0 Å². The Bertz CT molecular complexity index is 364. The van der Waals surface area contributed by atoms with E-state index in [1.54, 1.807) is 6.92 Å². The molecule has 2 rings (SSSR count). The largest absolute Gasteiger partial charge is 0.480 e. The van der Waals surface area contributed by atoms with E-state index in [1.165, 1.54) is 12.8 Å². The first-order chi connectivity index (χ1) is 9.60. The summed E-state index contributed by atoms with van der Waals surface area (Å²) in [4.78, 5) is 24.9. The van der Waals surface area contributed by atoms with Crippen LogP contribution in [0.3, 0.4) is 0 Å². The Hall–Kier alpha value is -1.34. The number of morpholine rings is 1. The molecule has 0 radical (unpaired) electrons. The Labute approximate surface area is 118 Å². The van der Waals surface area contributed by atoms with Gasteiger partial charge in [-0.05, 0) is 25.8 Å². The van der Waals surface area contributed by atoms with Crippen molar-refractivity contribution in [3.8, 4) is 0 Å². The van der Waals surface area contributed by atoms with Gasteiger partial charge >= 0.3 is 12.0 Å². The number of urea groups is 1. The van der Waals surface area contributed by atoms with Crippen LogP contribution in [0.2, 0.25) is 0 Å². The minimum absolute atomic E-state index is 0.0139. The van der Waals surface area contributed by atoms with E-state index in [4.69, 9.17) is 9.84 Å². The third-order valence-corrected chi connectivity index (χ3v) is 3.96. The highest BCUT2D eigenvalue weighted by molar-refractivity contribution is 5.82. The van der Waals surface area contributed by atoms with Gasteiger partial charge in [-0.15, -0.1) is 0 Å².